The van der Waals surface area contributed by atoms with E-state index >= 15 is 0 Å². The monoisotopic (exact) mass is 237 g/mol. The van der Waals surface area contributed by atoms with Crippen molar-refractivity contribution in [2.24, 2.45) is 0 Å². The zero-order chi connectivity index (χ0) is 11.9. The first-order valence-corrected chi connectivity index (χ1v) is 5.22. The lowest BCUT2D eigenvalue weighted by Crippen LogP contribution is -1.86. The maximum atomic E-state index is 5.37. The third kappa shape index (κ3) is 1.17. The molecule has 0 fully saturated rings. The summed E-state index contributed by atoms with van der Waals surface area (Å²) in [5.74, 6) is 0. The van der Waals surface area contributed by atoms with Crippen LogP contribution in [-0.4, -0.2) is 19.9 Å². The largest absolute Gasteiger partial charge is 0.443 e. The SMILES string of the molecule is [c]1nc2ccnc(-c3cncc4ncoc34)c2o1. The molecule has 4 rings (SSSR count). The number of fused-ring (bicyclic) bond motifs is 2. The molecule has 0 saturated heterocycles. The molecule has 0 aliphatic heterocycles. The molecule has 0 aliphatic carbocycles. The van der Waals surface area contributed by atoms with Crippen molar-refractivity contribution in [1.29, 1.82) is 0 Å². The third-order valence-corrected chi connectivity index (χ3v) is 2.69. The van der Waals surface area contributed by atoms with E-state index in [9.17, 15) is 0 Å². The lowest BCUT2D eigenvalue weighted by Gasteiger charge is -2.00. The lowest BCUT2D eigenvalue weighted by molar-refractivity contribution is 0.589. The molecule has 0 amide bonds. The van der Waals surface area contributed by atoms with Gasteiger partial charge in [-0.05, 0) is 6.07 Å². The van der Waals surface area contributed by atoms with Crippen LogP contribution >= 0.6 is 0 Å². The first-order valence-electron chi connectivity index (χ1n) is 5.22. The van der Waals surface area contributed by atoms with Gasteiger partial charge < -0.3 is 8.83 Å². The molecule has 0 N–H and O–H groups in total. The van der Waals surface area contributed by atoms with Crippen molar-refractivity contribution in [2.75, 3.05) is 0 Å². The van der Waals surface area contributed by atoms with Crippen LogP contribution in [0.2, 0.25) is 0 Å². The van der Waals surface area contributed by atoms with Crippen LogP contribution in [0.5, 0.6) is 0 Å². The van der Waals surface area contributed by atoms with Gasteiger partial charge in [0.25, 0.3) is 6.39 Å². The number of oxazole rings is 2. The van der Waals surface area contributed by atoms with Gasteiger partial charge in [0.05, 0.1) is 11.8 Å². The average molecular weight is 237 g/mol. The highest BCUT2D eigenvalue weighted by Crippen LogP contribution is 2.30. The van der Waals surface area contributed by atoms with Crippen LogP contribution in [0.3, 0.4) is 0 Å². The zero-order valence-electron chi connectivity index (χ0n) is 8.99. The lowest BCUT2D eigenvalue weighted by atomic mass is 10.1. The van der Waals surface area contributed by atoms with E-state index in [1.54, 1.807) is 24.7 Å². The fourth-order valence-electron chi connectivity index (χ4n) is 1.89. The molecule has 0 atom stereocenters. The molecule has 4 heterocycles. The Kier molecular flexibility index (Phi) is 1.74. The standard InChI is InChI=1S/C12H5N4O2/c1-2-14-10(12-8(1)15-5-18-12)7-3-13-4-9-11(7)17-6-16-9/h1-4,6H. The van der Waals surface area contributed by atoms with Crippen molar-refractivity contribution >= 4 is 22.2 Å². The van der Waals surface area contributed by atoms with E-state index in [2.05, 4.69) is 26.3 Å². The van der Waals surface area contributed by atoms with Gasteiger partial charge in [-0.3, -0.25) is 9.97 Å². The Bertz CT molecular complexity index is 777. The Morgan fingerprint density at radius 2 is 2.06 bits per heavy atom. The molecular formula is C12H5N4O2. The van der Waals surface area contributed by atoms with Crippen LogP contribution in [-0.2, 0) is 0 Å². The Morgan fingerprint density at radius 1 is 1.06 bits per heavy atom. The number of nitrogens with zero attached hydrogens (tertiary/aromatic N) is 4. The second kappa shape index (κ2) is 3.36. The predicted molar refractivity (Wildman–Crippen MR) is 61.4 cm³/mol. The van der Waals surface area contributed by atoms with E-state index in [1.165, 1.54) is 6.39 Å². The highest BCUT2D eigenvalue weighted by atomic mass is 16.3. The minimum atomic E-state index is 0.559. The molecule has 0 unspecified atom stereocenters. The second-order valence-electron chi connectivity index (χ2n) is 3.70. The molecule has 6 nitrogen and oxygen atoms in total. The van der Waals surface area contributed by atoms with Crippen molar-refractivity contribution in [3.8, 4) is 11.3 Å². The van der Waals surface area contributed by atoms with E-state index in [4.69, 9.17) is 8.83 Å². The molecule has 85 valence electrons. The van der Waals surface area contributed by atoms with Gasteiger partial charge in [-0.25, -0.2) is 9.97 Å². The maximum absolute atomic E-state index is 5.37. The van der Waals surface area contributed by atoms with Crippen LogP contribution < -0.4 is 0 Å². The topological polar surface area (TPSA) is 77.8 Å². The molecule has 1 radical (unpaired) electrons. The maximum Gasteiger partial charge on any atom is 0.284 e. The summed E-state index contributed by atoms with van der Waals surface area (Å²) < 4.78 is 10.6. The highest BCUT2D eigenvalue weighted by Gasteiger charge is 2.15. The van der Waals surface area contributed by atoms with Gasteiger partial charge in [0.15, 0.2) is 17.6 Å². The third-order valence-electron chi connectivity index (χ3n) is 2.69. The number of rotatable bonds is 1. The van der Waals surface area contributed by atoms with Crippen LogP contribution in [0.1, 0.15) is 0 Å². The summed E-state index contributed by atoms with van der Waals surface area (Å²) in [4.78, 5) is 16.5. The summed E-state index contributed by atoms with van der Waals surface area (Å²) in [7, 11) is 0. The van der Waals surface area contributed by atoms with Gasteiger partial charge in [-0.2, -0.15) is 0 Å². The molecule has 0 aliphatic rings. The predicted octanol–water partition coefficient (Wildman–Crippen LogP) is 2.23. The Hall–Kier alpha value is -2.76. The molecule has 18 heavy (non-hydrogen) atoms. The molecular weight excluding hydrogens is 232 g/mol. The van der Waals surface area contributed by atoms with Gasteiger partial charge in [0.2, 0.25) is 0 Å². The number of hydrogen-bond acceptors (Lipinski definition) is 6. The molecule has 0 aromatic carbocycles. The van der Waals surface area contributed by atoms with Crippen LogP contribution in [0.4, 0.5) is 0 Å². The first kappa shape index (κ1) is 9.29. The summed E-state index contributed by atoms with van der Waals surface area (Å²) in [6.07, 6.45) is 8.79. The summed E-state index contributed by atoms with van der Waals surface area (Å²) in [6.45, 7) is 0. The summed E-state index contributed by atoms with van der Waals surface area (Å²) in [6, 6.07) is 1.76. The van der Waals surface area contributed by atoms with Gasteiger partial charge in [0.1, 0.15) is 16.7 Å². The van der Waals surface area contributed by atoms with E-state index in [-0.39, 0.29) is 0 Å². The Morgan fingerprint density at radius 3 is 3.06 bits per heavy atom. The minimum Gasteiger partial charge on any atom is -0.443 e. The van der Waals surface area contributed by atoms with Crippen molar-refractivity contribution < 1.29 is 8.83 Å². The van der Waals surface area contributed by atoms with E-state index < -0.39 is 0 Å². The van der Waals surface area contributed by atoms with Gasteiger partial charge in [0, 0.05) is 12.4 Å². The fraction of sp³-hybridized carbons (Fsp3) is 0. The zero-order valence-corrected chi connectivity index (χ0v) is 8.99. The van der Waals surface area contributed by atoms with E-state index in [0.29, 0.717) is 27.9 Å². The highest BCUT2D eigenvalue weighted by molar-refractivity contribution is 5.96. The molecule has 0 spiro atoms. The minimum absolute atomic E-state index is 0.559. The van der Waals surface area contributed by atoms with Crippen molar-refractivity contribution in [3.05, 3.63) is 37.4 Å². The molecule has 0 saturated carbocycles. The van der Waals surface area contributed by atoms with Crippen LogP contribution in [0.15, 0.2) is 39.9 Å². The number of hydrogen-bond donors (Lipinski definition) is 0. The second-order valence-corrected chi connectivity index (χ2v) is 3.70. The summed E-state index contributed by atoms with van der Waals surface area (Å²) >= 11 is 0. The van der Waals surface area contributed by atoms with Crippen molar-refractivity contribution in [3.63, 3.8) is 0 Å². The van der Waals surface area contributed by atoms with E-state index in [0.717, 1.165) is 5.56 Å². The summed E-state index contributed by atoms with van der Waals surface area (Å²) in [5.41, 5.74) is 3.90. The number of aromatic nitrogens is 4. The molecule has 0 bridgehead atoms. The number of pyridine rings is 2. The molecule has 4 aromatic rings. The smallest absolute Gasteiger partial charge is 0.284 e. The average Bonchev–Trinajstić information content (AvgIpc) is 3.06. The van der Waals surface area contributed by atoms with E-state index in [1.807, 2.05) is 0 Å². The van der Waals surface area contributed by atoms with Gasteiger partial charge >= 0.3 is 0 Å². The quantitative estimate of drug-likeness (QED) is 0.505. The Labute approximate surface area is 100 Å². The van der Waals surface area contributed by atoms with Crippen LogP contribution in [0, 0.1) is 6.39 Å². The Balaban J connectivity index is 2.13. The molecule has 6 heteroatoms. The van der Waals surface area contributed by atoms with Gasteiger partial charge in [-0.15, -0.1) is 0 Å². The summed E-state index contributed by atoms with van der Waals surface area (Å²) in [5, 5.41) is 0. The fourth-order valence-corrected chi connectivity index (χ4v) is 1.89. The van der Waals surface area contributed by atoms with Gasteiger partial charge in [-0.1, -0.05) is 0 Å². The van der Waals surface area contributed by atoms with Crippen molar-refractivity contribution in [2.45, 2.75) is 0 Å². The van der Waals surface area contributed by atoms with Crippen LogP contribution in [0.25, 0.3) is 33.5 Å². The normalized spacial score (nSPS) is 11.3. The van der Waals surface area contributed by atoms with Crippen molar-refractivity contribution in [1.82, 2.24) is 19.9 Å². The molecule has 4 aromatic heterocycles. The first-order chi connectivity index (χ1) is 8.93.